The summed E-state index contributed by atoms with van der Waals surface area (Å²) < 4.78 is 0. The molecular weight excluding hydrogens is 338 g/mol. The van der Waals surface area contributed by atoms with Crippen molar-refractivity contribution in [2.24, 2.45) is 0 Å². The summed E-state index contributed by atoms with van der Waals surface area (Å²) in [5.41, 5.74) is 4.94. The Morgan fingerprint density at radius 1 is 0.889 bits per heavy atom. The molecule has 3 rings (SSSR count). The average Bonchev–Trinajstić information content (AvgIpc) is 2.65. The Labute approximate surface area is 158 Å². The van der Waals surface area contributed by atoms with Gasteiger partial charge in [0.15, 0.2) is 5.78 Å². The highest BCUT2D eigenvalue weighted by atomic mass is 16.1. The minimum absolute atomic E-state index is 0.0100. The Bertz CT molecular complexity index is 995. The Morgan fingerprint density at radius 2 is 1.63 bits per heavy atom. The third-order valence-corrected chi connectivity index (χ3v) is 4.23. The van der Waals surface area contributed by atoms with Crippen molar-refractivity contribution in [1.29, 1.82) is 0 Å². The van der Waals surface area contributed by atoms with E-state index in [1.165, 1.54) is 6.92 Å². The molecule has 1 amide bonds. The lowest BCUT2D eigenvalue weighted by atomic mass is 10.1. The molecule has 0 spiro atoms. The SMILES string of the molecule is CC(=O)c1ccc(NC(=O)c2ccnc(Nc3cc(C)ccc3C)c2)cc1. The number of hydrogen-bond acceptors (Lipinski definition) is 4. The van der Waals surface area contributed by atoms with Crippen LogP contribution in [-0.2, 0) is 0 Å². The first kappa shape index (κ1) is 18.3. The van der Waals surface area contributed by atoms with Gasteiger partial charge in [0, 0.05) is 28.7 Å². The molecule has 5 heteroatoms. The minimum Gasteiger partial charge on any atom is -0.340 e. The zero-order valence-corrected chi connectivity index (χ0v) is 15.5. The van der Waals surface area contributed by atoms with Gasteiger partial charge in [-0.2, -0.15) is 0 Å². The molecule has 0 radical (unpaired) electrons. The van der Waals surface area contributed by atoms with Crippen LogP contribution in [0.25, 0.3) is 0 Å². The lowest BCUT2D eigenvalue weighted by Crippen LogP contribution is -2.12. The van der Waals surface area contributed by atoms with Crippen LogP contribution < -0.4 is 10.6 Å². The average molecular weight is 359 g/mol. The van der Waals surface area contributed by atoms with Gasteiger partial charge in [-0.1, -0.05) is 12.1 Å². The predicted octanol–water partition coefficient (Wildman–Crippen LogP) is 4.90. The summed E-state index contributed by atoms with van der Waals surface area (Å²) in [7, 11) is 0. The number of aryl methyl sites for hydroxylation is 2. The molecule has 0 bridgehead atoms. The van der Waals surface area contributed by atoms with Crippen LogP contribution in [0.3, 0.4) is 0 Å². The van der Waals surface area contributed by atoms with Gasteiger partial charge in [0.1, 0.15) is 5.82 Å². The molecule has 136 valence electrons. The fourth-order valence-corrected chi connectivity index (χ4v) is 2.64. The Kier molecular flexibility index (Phi) is 5.31. The number of anilines is 3. The van der Waals surface area contributed by atoms with Crippen LogP contribution in [0.5, 0.6) is 0 Å². The Morgan fingerprint density at radius 3 is 2.33 bits per heavy atom. The fourth-order valence-electron chi connectivity index (χ4n) is 2.64. The molecule has 0 saturated carbocycles. The van der Waals surface area contributed by atoms with Gasteiger partial charge < -0.3 is 10.6 Å². The van der Waals surface area contributed by atoms with Crippen molar-refractivity contribution in [3.63, 3.8) is 0 Å². The lowest BCUT2D eigenvalue weighted by molar-refractivity contribution is 0.101. The zero-order chi connectivity index (χ0) is 19.4. The zero-order valence-electron chi connectivity index (χ0n) is 15.5. The van der Waals surface area contributed by atoms with E-state index in [2.05, 4.69) is 21.7 Å². The highest BCUT2D eigenvalue weighted by molar-refractivity contribution is 6.05. The van der Waals surface area contributed by atoms with Crippen molar-refractivity contribution in [2.45, 2.75) is 20.8 Å². The van der Waals surface area contributed by atoms with Crippen molar-refractivity contribution in [3.05, 3.63) is 83.0 Å². The summed E-state index contributed by atoms with van der Waals surface area (Å²) in [6, 6.07) is 16.3. The molecule has 1 heterocycles. The number of nitrogens with zero attached hydrogens (tertiary/aromatic N) is 1. The number of nitrogens with one attached hydrogen (secondary N) is 2. The molecule has 0 atom stereocenters. The van der Waals surface area contributed by atoms with Gasteiger partial charge in [0.05, 0.1) is 0 Å². The van der Waals surface area contributed by atoms with E-state index < -0.39 is 0 Å². The summed E-state index contributed by atoms with van der Waals surface area (Å²) in [6.45, 7) is 5.55. The number of rotatable bonds is 5. The maximum Gasteiger partial charge on any atom is 0.255 e. The molecule has 0 unspecified atom stereocenters. The second kappa shape index (κ2) is 7.83. The molecule has 3 aromatic rings. The minimum atomic E-state index is -0.239. The second-order valence-corrected chi connectivity index (χ2v) is 6.46. The van der Waals surface area contributed by atoms with Gasteiger partial charge in [-0.25, -0.2) is 4.98 Å². The molecule has 0 aliphatic rings. The third kappa shape index (κ3) is 4.58. The maximum absolute atomic E-state index is 12.5. The number of ketones is 1. The largest absolute Gasteiger partial charge is 0.340 e. The first-order chi connectivity index (χ1) is 12.9. The van der Waals surface area contributed by atoms with Crippen molar-refractivity contribution in [3.8, 4) is 0 Å². The standard InChI is InChI=1S/C22H21N3O2/c1-14-4-5-15(2)20(12-14)25-21-13-18(10-11-23-21)22(27)24-19-8-6-17(7-9-19)16(3)26/h4-13H,1-3H3,(H,23,25)(H,24,27). The second-order valence-electron chi connectivity index (χ2n) is 6.46. The third-order valence-electron chi connectivity index (χ3n) is 4.23. The van der Waals surface area contributed by atoms with Crippen LogP contribution in [0.4, 0.5) is 17.2 Å². The molecule has 0 aliphatic heterocycles. The number of carbonyl (C=O) groups is 2. The number of aromatic nitrogens is 1. The monoisotopic (exact) mass is 359 g/mol. The van der Waals surface area contributed by atoms with E-state index in [-0.39, 0.29) is 11.7 Å². The summed E-state index contributed by atoms with van der Waals surface area (Å²) in [6.07, 6.45) is 1.60. The number of amides is 1. The van der Waals surface area contributed by atoms with Gasteiger partial charge in [-0.3, -0.25) is 9.59 Å². The van der Waals surface area contributed by atoms with Gasteiger partial charge in [0.25, 0.3) is 5.91 Å². The topological polar surface area (TPSA) is 71.1 Å². The lowest BCUT2D eigenvalue weighted by Gasteiger charge is -2.11. The summed E-state index contributed by atoms with van der Waals surface area (Å²) in [5.74, 6) is 0.351. The predicted molar refractivity (Wildman–Crippen MR) is 108 cm³/mol. The quantitative estimate of drug-likeness (QED) is 0.636. The Hall–Kier alpha value is -3.47. The first-order valence-corrected chi connectivity index (χ1v) is 8.65. The van der Waals surface area contributed by atoms with E-state index in [1.54, 1.807) is 42.6 Å². The highest BCUT2D eigenvalue weighted by Crippen LogP contribution is 2.21. The van der Waals surface area contributed by atoms with Crippen LogP contribution in [0.1, 0.15) is 38.8 Å². The van der Waals surface area contributed by atoms with E-state index in [1.807, 2.05) is 26.0 Å². The molecule has 1 aromatic heterocycles. The van der Waals surface area contributed by atoms with Crippen molar-refractivity contribution < 1.29 is 9.59 Å². The van der Waals surface area contributed by atoms with Crippen LogP contribution in [0.15, 0.2) is 60.8 Å². The number of carbonyl (C=O) groups excluding carboxylic acids is 2. The number of hydrogen-bond donors (Lipinski definition) is 2. The van der Waals surface area contributed by atoms with Gasteiger partial charge in [0.2, 0.25) is 0 Å². The maximum atomic E-state index is 12.5. The summed E-state index contributed by atoms with van der Waals surface area (Å²) in [4.78, 5) is 28.2. The van der Waals surface area contributed by atoms with Crippen LogP contribution >= 0.6 is 0 Å². The van der Waals surface area contributed by atoms with E-state index in [4.69, 9.17) is 0 Å². The van der Waals surface area contributed by atoms with Crippen molar-refractivity contribution in [1.82, 2.24) is 4.98 Å². The molecule has 0 aliphatic carbocycles. The summed E-state index contributed by atoms with van der Waals surface area (Å²) >= 11 is 0. The van der Waals surface area contributed by atoms with Crippen molar-refractivity contribution >= 4 is 28.9 Å². The first-order valence-electron chi connectivity index (χ1n) is 8.65. The molecule has 5 nitrogen and oxygen atoms in total. The molecule has 0 saturated heterocycles. The number of pyridine rings is 1. The smallest absolute Gasteiger partial charge is 0.255 e. The fraction of sp³-hybridized carbons (Fsp3) is 0.136. The molecule has 0 fully saturated rings. The molecule has 2 aromatic carbocycles. The normalized spacial score (nSPS) is 10.3. The number of Topliss-reactive ketones (excluding diaryl/α,β-unsaturated/α-hetero) is 1. The van der Waals surface area contributed by atoms with E-state index in [9.17, 15) is 9.59 Å². The summed E-state index contributed by atoms with van der Waals surface area (Å²) in [5, 5.41) is 6.09. The molecule has 2 N–H and O–H groups in total. The van der Waals surface area contributed by atoms with Crippen molar-refractivity contribution in [2.75, 3.05) is 10.6 Å². The van der Waals surface area contributed by atoms with E-state index in [0.29, 0.717) is 22.6 Å². The van der Waals surface area contributed by atoms with Crippen LogP contribution in [0.2, 0.25) is 0 Å². The van der Waals surface area contributed by atoms with Gasteiger partial charge in [-0.15, -0.1) is 0 Å². The Balaban J connectivity index is 1.75. The highest BCUT2D eigenvalue weighted by Gasteiger charge is 2.09. The molecule has 27 heavy (non-hydrogen) atoms. The van der Waals surface area contributed by atoms with Gasteiger partial charge in [-0.05, 0) is 74.4 Å². The van der Waals surface area contributed by atoms with Gasteiger partial charge >= 0.3 is 0 Å². The number of benzene rings is 2. The van der Waals surface area contributed by atoms with Crippen LogP contribution in [-0.4, -0.2) is 16.7 Å². The molecular formula is C22H21N3O2. The van der Waals surface area contributed by atoms with E-state index >= 15 is 0 Å². The van der Waals surface area contributed by atoms with Crippen LogP contribution in [0, 0.1) is 13.8 Å². The van der Waals surface area contributed by atoms with E-state index in [0.717, 1.165) is 16.8 Å².